The number of carboxylic acid groups (broad SMARTS) is 1. The summed E-state index contributed by atoms with van der Waals surface area (Å²) in [4.78, 5) is 29.1. The molecule has 2 atom stereocenters. The van der Waals surface area contributed by atoms with Gasteiger partial charge < -0.3 is 19.9 Å². The summed E-state index contributed by atoms with van der Waals surface area (Å²) in [6.07, 6.45) is 0.915. The van der Waals surface area contributed by atoms with Crippen LogP contribution >= 0.6 is 0 Å². The topological polar surface area (TPSA) is 93.6 Å². The number of carbonyl (C=O) groups excluding carboxylic acids is 2. The molecule has 6 nitrogen and oxygen atoms in total. The van der Waals surface area contributed by atoms with E-state index in [9.17, 15) is 19.8 Å². The van der Waals surface area contributed by atoms with Crippen LogP contribution in [0, 0.1) is 5.92 Å². The fraction of sp³-hybridized carbons (Fsp3) is 0.312. The summed E-state index contributed by atoms with van der Waals surface area (Å²) >= 11 is 0. The monoisotopic (exact) mass is 338 g/mol. The number of amides is 1. The van der Waals surface area contributed by atoms with Crippen molar-refractivity contribution in [1.29, 1.82) is 0 Å². The summed E-state index contributed by atoms with van der Waals surface area (Å²) in [5.74, 6) is -2.39. The molecule has 3 rings (SSSR count). The minimum atomic E-state index is -1.24. The Hall–Kier alpha value is -0.834. The van der Waals surface area contributed by atoms with Crippen molar-refractivity contribution >= 4 is 22.8 Å². The molecule has 1 N–H and O–H groups in total. The van der Waals surface area contributed by atoms with Crippen molar-refractivity contribution in [3.05, 3.63) is 42.1 Å². The fourth-order valence-corrected chi connectivity index (χ4v) is 2.79. The Bertz CT molecular complexity index is 737. The van der Waals surface area contributed by atoms with Gasteiger partial charge in [0, 0.05) is 42.1 Å². The van der Waals surface area contributed by atoms with Crippen molar-refractivity contribution in [3.8, 4) is 0 Å². The van der Waals surface area contributed by atoms with Gasteiger partial charge in [-0.2, -0.15) is 0 Å². The van der Waals surface area contributed by atoms with Gasteiger partial charge in [-0.25, -0.2) is 0 Å². The van der Waals surface area contributed by atoms with E-state index < -0.39 is 18.0 Å². The van der Waals surface area contributed by atoms with Crippen molar-refractivity contribution in [3.63, 3.8) is 0 Å². The number of hydrogen-bond acceptors (Lipinski definition) is 5. The first-order valence-corrected chi connectivity index (χ1v) is 7.07. The zero-order valence-corrected chi connectivity index (χ0v) is 15.9. The maximum atomic E-state index is 12.5. The molecule has 0 spiro atoms. The van der Waals surface area contributed by atoms with Crippen LogP contribution in [0.25, 0.3) is 10.9 Å². The van der Waals surface area contributed by atoms with Gasteiger partial charge in [-0.1, -0.05) is 12.1 Å². The SMILES string of the molecule is O=C([O-])C1CC(O)CN(C(=O)c2ccc3cccnc3c2)C1.[K+]. The van der Waals surface area contributed by atoms with E-state index >= 15 is 0 Å². The number of carboxylic acids is 1. The molecule has 2 heterocycles. The van der Waals surface area contributed by atoms with Gasteiger partial charge >= 0.3 is 51.4 Å². The van der Waals surface area contributed by atoms with E-state index in [0.29, 0.717) is 11.1 Å². The number of β-amino-alcohol motifs (C(OH)–C–C–N with tert-alkyl or cyclic N) is 1. The summed E-state index contributed by atoms with van der Waals surface area (Å²) < 4.78 is 0. The van der Waals surface area contributed by atoms with Crippen LogP contribution < -0.4 is 56.5 Å². The van der Waals surface area contributed by atoms with Crippen molar-refractivity contribution < 1.29 is 71.2 Å². The maximum absolute atomic E-state index is 12.5. The third-order valence-corrected chi connectivity index (χ3v) is 3.90. The van der Waals surface area contributed by atoms with E-state index in [1.54, 1.807) is 24.4 Å². The summed E-state index contributed by atoms with van der Waals surface area (Å²) in [5.41, 5.74) is 1.12. The zero-order chi connectivity index (χ0) is 15.7. The van der Waals surface area contributed by atoms with Gasteiger partial charge in [-0.15, -0.1) is 0 Å². The van der Waals surface area contributed by atoms with E-state index in [1.807, 2.05) is 12.1 Å². The summed E-state index contributed by atoms with van der Waals surface area (Å²) in [7, 11) is 0. The van der Waals surface area contributed by atoms with E-state index in [0.717, 1.165) is 5.39 Å². The Balaban J connectivity index is 0.00000192. The minimum Gasteiger partial charge on any atom is -0.550 e. The van der Waals surface area contributed by atoms with Gasteiger partial charge in [0.1, 0.15) is 0 Å². The normalized spacial score (nSPS) is 20.8. The third-order valence-electron chi connectivity index (χ3n) is 3.90. The van der Waals surface area contributed by atoms with E-state index in [1.165, 1.54) is 4.90 Å². The van der Waals surface area contributed by atoms with Crippen LogP contribution in [0.3, 0.4) is 0 Å². The number of aromatic nitrogens is 1. The molecule has 1 amide bonds. The predicted octanol–water partition coefficient (Wildman–Crippen LogP) is -3.19. The molecule has 0 radical (unpaired) electrons. The number of aliphatic hydroxyl groups excluding tert-OH is 1. The Morgan fingerprint density at radius 3 is 2.78 bits per heavy atom. The number of nitrogens with zero attached hydrogens (tertiary/aromatic N) is 2. The van der Waals surface area contributed by atoms with Crippen molar-refractivity contribution in [2.24, 2.45) is 5.92 Å². The average molecular weight is 338 g/mol. The number of pyridine rings is 1. The molecule has 114 valence electrons. The van der Waals surface area contributed by atoms with Crippen molar-refractivity contribution in [2.75, 3.05) is 13.1 Å². The van der Waals surface area contributed by atoms with Crippen LogP contribution in [-0.2, 0) is 4.79 Å². The molecular weight excluding hydrogens is 323 g/mol. The van der Waals surface area contributed by atoms with Gasteiger partial charge in [-0.3, -0.25) is 9.78 Å². The summed E-state index contributed by atoms with van der Waals surface area (Å²) in [5, 5.41) is 21.7. The number of rotatable bonds is 2. The molecule has 1 aliphatic heterocycles. The van der Waals surface area contributed by atoms with Crippen molar-refractivity contribution in [1.82, 2.24) is 9.88 Å². The number of aliphatic carboxylic acids is 1. The van der Waals surface area contributed by atoms with Crippen LogP contribution in [0.5, 0.6) is 0 Å². The quantitative estimate of drug-likeness (QED) is 0.583. The van der Waals surface area contributed by atoms with E-state index in [-0.39, 0.29) is 76.8 Å². The molecular formula is C16H15KN2O4. The predicted molar refractivity (Wildman–Crippen MR) is 76.8 cm³/mol. The maximum Gasteiger partial charge on any atom is 1.00 e. The molecule has 0 aliphatic carbocycles. The molecule has 0 saturated carbocycles. The zero-order valence-electron chi connectivity index (χ0n) is 12.8. The first kappa shape index (κ1) is 18.5. The van der Waals surface area contributed by atoms with E-state index in [4.69, 9.17) is 0 Å². The molecule has 2 aromatic rings. The number of carbonyl (C=O) groups is 2. The molecule has 1 aromatic heterocycles. The van der Waals surface area contributed by atoms with Crippen LogP contribution in [0.2, 0.25) is 0 Å². The Labute approximate surface area is 175 Å². The first-order valence-electron chi connectivity index (χ1n) is 7.07. The second-order valence-electron chi connectivity index (χ2n) is 5.53. The van der Waals surface area contributed by atoms with Gasteiger partial charge in [0.25, 0.3) is 5.91 Å². The van der Waals surface area contributed by atoms with Crippen LogP contribution in [-0.4, -0.2) is 46.1 Å². The molecule has 23 heavy (non-hydrogen) atoms. The molecule has 1 saturated heterocycles. The molecule has 1 aliphatic rings. The van der Waals surface area contributed by atoms with Crippen LogP contribution in [0.1, 0.15) is 16.8 Å². The van der Waals surface area contributed by atoms with Crippen LogP contribution in [0.15, 0.2) is 36.5 Å². The summed E-state index contributed by atoms with van der Waals surface area (Å²) in [6.45, 7) is 0.182. The molecule has 2 unspecified atom stereocenters. The Kier molecular flexibility index (Phi) is 6.30. The standard InChI is InChI=1S/C16H16N2O4.K/c19-13-6-12(16(21)22)8-18(9-13)15(20)11-4-3-10-2-1-5-17-14(10)7-11;/h1-5,7,12-13,19H,6,8-9H2,(H,21,22);/q;+1/p-1. The van der Waals surface area contributed by atoms with Gasteiger partial charge in [0.2, 0.25) is 0 Å². The number of hydrogen-bond donors (Lipinski definition) is 1. The molecule has 7 heteroatoms. The third kappa shape index (κ3) is 4.17. The van der Waals surface area contributed by atoms with E-state index in [2.05, 4.69) is 4.98 Å². The number of fused-ring (bicyclic) bond motifs is 1. The first-order chi connectivity index (χ1) is 10.5. The molecule has 0 bridgehead atoms. The average Bonchev–Trinajstić information content (AvgIpc) is 2.53. The largest absolute Gasteiger partial charge is 1.00 e. The van der Waals surface area contributed by atoms with Gasteiger partial charge in [0.15, 0.2) is 0 Å². The Morgan fingerprint density at radius 1 is 1.26 bits per heavy atom. The van der Waals surface area contributed by atoms with Crippen LogP contribution in [0.4, 0.5) is 0 Å². The smallest absolute Gasteiger partial charge is 0.550 e. The Morgan fingerprint density at radius 2 is 2.04 bits per heavy atom. The minimum absolute atomic E-state index is 0. The molecule has 1 aromatic carbocycles. The van der Waals surface area contributed by atoms with Crippen molar-refractivity contribution in [2.45, 2.75) is 12.5 Å². The molecule has 1 fully saturated rings. The van der Waals surface area contributed by atoms with Gasteiger partial charge in [0.05, 0.1) is 11.6 Å². The number of piperidine rings is 1. The number of benzene rings is 1. The summed E-state index contributed by atoms with van der Waals surface area (Å²) in [6, 6.07) is 8.86. The fourth-order valence-electron chi connectivity index (χ4n) is 2.79. The number of aliphatic hydroxyl groups is 1. The number of likely N-dealkylation sites (tertiary alicyclic amines) is 1. The second-order valence-corrected chi connectivity index (χ2v) is 5.53. The van der Waals surface area contributed by atoms with Gasteiger partial charge in [-0.05, 0) is 24.6 Å². The second kappa shape index (κ2) is 7.83.